The average Bonchev–Trinajstić information content (AvgIpc) is 3.42. The van der Waals surface area contributed by atoms with Gasteiger partial charge in [0.05, 0.1) is 37.3 Å². The Bertz CT molecular complexity index is 943. The van der Waals surface area contributed by atoms with Gasteiger partial charge in [-0.3, -0.25) is 0 Å². The van der Waals surface area contributed by atoms with Gasteiger partial charge >= 0.3 is 0 Å². The molecule has 0 aliphatic carbocycles. The second-order valence-electron chi connectivity index (χ2n) is 6.74. The van der Waals surface area contributed by atoms with Crippen molar-refractivity contribution in [2.24, 2.45) is 4.99 Å². The fourth-order valence-electron chi connectivity index (χ4n) is 3.13. The van der Waals surface area contributed by atoms with Gasteiger partial charge in [0.2, 0.25) is 0 Å². The molecule has 3 rings (SSSR count). The number of benzene rings is 1. The molecule has 0 bridgehead atoms. The van der Waals surface area contributed by atoms with E-state index in [0.717, 1.165) is 59.5 Å². The lowest BCUT2D eigenvalue weighted by molar-refractivity contribution is 0.380. The van der Waals surface area contributed by atoms with Gasteiger partial charge in [0, 0.05) is 24.7 Å². The first-order chi connectivity index (χ1) is 14.7. The quantitative estimate of drug-likeness (QED) is 0.244. The van der Waals surface area contributed by atoms with Crippen molar-refractivity contribution in [3.8, 4) is 11.4 Å². The fraction of sp³-hybridized carbons (Fsp3) is 0.409. The Kier molecular flexibility index (Phi) is 9.83. The number of methoxy groups -OCH3 is 1. The molecule has 9 heteroatoms. The number of ether oxygens (including phenoxy) is 1. The van der Waals surface area contributed by atoms with Crippen molar-refractivity contribution in [3.05, 3.63) is 59.2 Å². The molecule has 168 valence electrons. The van der Waals surface area contributed by atoms with Gasteiger partial charge in [-0.25, -0.2) is 9.67 Å². The minimum Gasteiger partial charge on any atom is -0.497 e. The maximum Gasteiger partial charge on any atom is 0.191 e. The van der Waals surface area contributed by atoms with Crippen LogP contribution in [0.25, 0.3) is 5.69 Å². The van der Waals surface area contributed by atoms with Crippen molar-refractivity contribution in [1.82, 2.24) is 25.6 Å². The number of hydrogen-bond donors (Lipinski definition) is 2. The molecule has 8 nitrogen and oxygen atoms in total. The molecule has 0 aliphatic heterocycles. The van der Waals surface area contributed by atoms with Crippen molar-refractivity contribution in [1.29, 1.82) is 0 Å². The van der Waals surface area contributed by atoms with Crippen LogP contribution < -0.4 is 15.4 Å². The number of nitrogens with one attached hydrogen (secondary N) is 2. The van der Waals surface area contributed by atoms with Crippen molar-refractivity contribution >= 4 is 29.9 Å². The Hall–Kier alpha value is -2.56. The Morgan fingerprint density at radius 3 is 2.52 bits per heavy atom. The highest BCUT2D eigenvalue weighted by molar-refractivity contribution is 14.0. The SMILES string of the molecule is CCNC(=NCc1c(CC)noc1CC)NCc1ccn(-c2ccc(OC)cc2)n1.I. The van der Waals surface area contributed by atoms with E-state index in [4.69, 9.17) is 14.3 Å². The summed E-state index contributed by atoms with van der Waals surface area (Å²) in [6.07, 6.45) is 3.59. The van der Waals surface area contributed by atoms with Crippen LogP contribution in [0.15, 0.2) is 46.0 Å². The lowest BCUT2D eigenvalue weighted by atomic mass is 10.1. The molecule has 0 saturated heterocycles. The molecule has 2 aromatic heterocycles. The van der Waals surface area contributed by atoms with Gasteiger partial charge in [0.15, 0.2) is 5.96 Å². The van der Waals surface area contributed by atoms with E-state index in [2.05, 4.69) is 34.7 Å². The highest BCUT2D eigenvalue weighted by Gasteiger charge is 2.13. The summed E-state index contributed by atoms with van der Waals surface area (Å²) in [5.74, 6) is 2.47. The summed E-state index contributed by atoms with van der Waals surface area (Å²) >= 11 is 0. The molecule has 0 spiro atoms. The Balaban J connectivity index is 0.00000341. The number of aliphatic imine (C=N–C) groups is 1. The number of guanidine groups is 1. The lowest BCUT2D eigenvalue weighted by Gasteiger charge is -2.10. The first-order valence-corrected chi connectivity index (χ1v) is 10.4. The van der Waals surface area contributed by atoms with E-state index in [0.29, 0.717) is 13.1 Å². The Labute approximate surface area is 200 Å². The lowest BCUT2D eigenvalue weighted by Crippen LogP contribution is -2.37. The summed E-state index contributed by atoms with van der Waals surface area (Å²) < 4.78 is 12.5. The predicted octanol–water partition coefficient (Wildman–Crippen LogP) is 3.87. The smallest absolute Gasteiger partial charge is 0.191 e. The molecule has 0 aliphatic rings. The summed E-state index contributed by atoms with van der Waals surface area (Å²) in [4.78, 5) is 4.72. The van der Waals surface area contributed by atoms with Gasteiger partial charge in [-0.05, 0) is 43.7 Å². The Morgan fingerprint density at radius 2 is 1.87 bits per heavy atom. The molecule has 0 radical (unpaired) electrons. The van der Waals surface area contributed by atoms with Crippen LogP contribution in [0, 0.1) is 0 Å². The summed E-state index contributed by atoms with van der Waals surface area (Å²) in [5.41, 5.74) is 3.96. The van der Waals surface area contributed by atoms with Gasteiger partial charge < -0.3 is 19.9 Å². The molecule has 2 N–H and O–H groups in total. The molecule has 2 heterocycles. The maximum atomic E-state index is 5.44. The van der Waals surface area contributed by atoms with Crippen LogP contribution in [-0.4, -0.2) is 34.6 Å². The number of halogens is 1. The zero-order chi connectivity index (χ0) is 21.3. The average molecular weight is 538 g/mol. The van der Waals surface area contributed by atoms with E-state index < -0.39 is 0 Å². The van der Waals surface area contributed by atoms with Crippen molar-refractivity contribution in [2.45, 2.75) is 46.7 Å². The summed E-state index contributed by atoms with van der Waals surface area (Å²) in [6, 6.07) is 9.79. The normalized spacial score (nSPS) is 11.2. The molecule has 0 saturated carbocycles. The van der Waals surface area contributed by atoms with Crippen LogP contribution in [0.3, 0.4) is 0 Å². The van der Waals surface area contributed by atoms with Gasteiger partial charge in [-0.2, -0.15) is 5.10 Å². The molecular formula is C22H31IN6O2. The zero-order valence-corrected chi connectivity index (χ0v) is 20.8. The van der Waals surface area contributed by atoms with Gasteiger partial charge in [0.25, 0.3) is 0 Å². The molecule has 31 heavy (non-hydrogen) atoms. The molecule has 3 aromatic rings. The first-order valence-electron chi connectivity index (χ1n) is 10.4. The molecule has 0 amide bonds. The third-order valence-electron chi connectivity index (χ3n) is 4.76. The van der Waals surface area contributed by atoms with Crippen LogP contribution >= 0.6 is 24.0 Å². The predicted molar refractivity (Wildman–Crippen MR) is 132 cm³/mol. The number of nitrogens with zero attached hydrogens (tertiary/aromatic N) is 4. The molecule has 0 fully saturated rings. The summed E-state index contributed by atoms with van der Waals surface area (Å²) in [5, 5.41) is 15.4. The van der Waals surface area contributed by atoms with Crippen molar-refractivity contribution in [3.63, 3.8) is 0 Å². The van der Waals surface area contributed by atoms with Crippen LogP contribution in [-0.2, 0) is 25.9 Å². The molecule has 0 atom stereocenters. The van der Waals surface area contributed by atoms with E-state index in [9.17, 15) is 0 Å². The van der Waals surface area contributed by atoms with Gasteiger partial charge in [0.1, 0.15) is 11.5 Å². The van der Waals surface area contributed by atoms with Crippen molar-refractivity contribution < 1.29 is 9.26 Å². The number of aryl methyl sites for hydroxylation is 2. The number of hydrogen-bond acceptors (Lipinski definition) is 5. The largest absolute Gasteiger partial charge is 0.497 e. The van der Waals surface area contributed by atoms with Crippen LogP contribution in [0.2, 0.25) is 0 Å². The summed E-state index contributed by atoms with van der Waals surface area (Å²) in [6.45, 7) is 8.06. The highest BCUT2D eigenvalue weighted by Crippen LogP contribution is 2.17. The van der Waals surface area contributed by atoms with Crippen LogP contribution in [0.5, 0.6) is 5.75 Å². The first kappa shape index (κ1) is 24.7. The third-order valence-corrected chi connectivity index (χ3v) is 4.76. The van der Waals surface area contributed by atoms with Crippen LogP contribution in [0.4, 0.5) is 0 Å². The Morgan fingerprint density at radius 1 is 1.10 bits per heavy atom. The fourth-order valence-corrected chi connectivity index (χ4v) is 3.13. The zero-order valence-electron chi connectivity index (χ0n) is 18.5. The van der Waals surface area contributed by atoms with E-state index in [1.807, 2.05) is 48.1 Å². The van der Waals surface area contributed by atoms with E-state index in [1.54, 1.807) is 7.11 Å². The number of rotatable bonds is 9. The third kappa shape index (κ3) is 6.46. The summed E-state index contributed by atoms with van der Waals surface area (Å²) in [7, 11) is 1.66. The van der Waals surface area contributed by atoms with E-state index in [-0.39, 0.29) is 24.0 Å². The minimum absolute atomic E-state index is 0. The van der Waals surface area contributed by atoms with Crippen LogP contribution in [0.1, 0.15) is 43.5 Å². The molecule has 0 unspecified atom stereocenters. The second-order valence-corrected chi connectivity index (χ2v) is 6.74. The monoisotopic (exact) mass is 538 g/mol. The van der Waals surface area contributed by atoms with E-state index >= 15 is 0 Å². The highest BCUT2D eigenvalue weighted by atomic mass is 127. The van der Waals surface area contributed by atoms with Gasteiger partial charge in [-0.15, -0.1) is 24.0 Å². The topological polar surface area (TPSA) is 89.5 Å². The number of aromatic nitrogens is 3. The second kappa shape index (κ2) is 12.3. The molecular weight excluding hydrogens is 507 g/mol. The standard InChI is InChI=1S/C22H30N6O2.HI/c1-5-20-19(21(6-2)30-27-20)15-25-22(23-7-3)24-14-16-12-13-28(26-16)17-8-10-18(29-4)11-9-17;/h8-13H,5-7,14-15H2,1-4H3,(H2,23,24,25);1H. The van der Waals surface area contributed by atoms with E-state index in [1.165, 1.54) is 0 Å². The van der Waals surface area contributed by atoms with Gasteiger partial charge in [-0.1, -0.05) is 19.0 Å². The van der Waals surface area contributed by atoms with Crippen molar-refractivity contribution in [2.75, 3.05) is 13.7 Å². The minimum atomic E-state index is 0. The molecule has 1 aromatic carbocycles. The maximum absolute atomic E-state index is 5.44.